The van der Waals surface area contributed by atoms with Crippen LogP contribution >= 0.6 is 12.4 Å². The SMILES string of the molecule is Cl.O=C(CC1CCCCC1)N1CCN(C(=O)CC2COCCN2)CC1. The summed E-state index contributed by atoms with van der Waals surface area (Å²) in [6.45, 7) is 4.88. The van der Waals surface area contributed by atoms with E-state index in [1.165, 1.54) is 32.1 Å². The van der Waals surface area contributed by atoms with Crippen LogP contribution in [-0.4, -0.2) is 73.6 Å². The Balaban J connectivity index is 0.00000225. The van der Waals surface area contributed by atoms with Gasteiger partial charge in [0, 0.05) is 51.6 Å². The third-order valence-electron chi connectivity index (χ3n) is 5.59. The van der Waals surface area contributed by atoms with Crippen molar-refractivity contribution in [1.82, 2.24) is 15.1 Å². The molecule has 0 aromatic rings. The Morgan fingerprint density at radius 1 is 0.920 bits per heavy atom. The highest BCUT2D eigenvalue weighted by Gasteiger charge is 2.27. The van der Waals surface area contributed by atoms with Crippen molar-refractivity contribution in [3.63, 3.8) is 0 Å². The fourth-order valence-electron chi connectivity index (χ4n) is 4.06. The largest absolute Gasteiger partial charge is 0.378 e. The number of ether oxygens (including phenoxy) is 1. The second-order valence-electron chi connectivity index (χ2n) is 7.40. The monoisotopic (exact) mass is 373 g/mol. The molecule has 2 amide bonds. The van der Waals surface area contributed by atoms with E-state index in [-0.39, 0.29) is 30.3 Å². The Labute approximate surface area is 157 Å². The van der Waals surface area contributed by atoms with Crippen LogP contribution in [0.4, 0.5) is 0 Å². The molecule has 0 aromatic heterocycles. The molecule has 0 radical (unpaired) electrons. The lowest BCUT2D eigenvalue weighted by atomic mass is 9.86. The van der Waals surface area contributed by atoms with E-state index in [1.54, 1.807) is 0 Å². The quantitative estimate of drug-likeness (QED) is 0.809. The van der Waals surface area contributed by atoms with E-state index in [9.17, 15) is 9.59 Å². The molecule has 1 N–H and O–H groups in total. The molecule has 1 atom stereocenters. The first-order valence-corrected chi connectivity index (χ1v) is 9.59. The summed E-state index contributed by atoms with van der Waals surface area (Å²) in [6.07, 6.45) is 7.50. The molecule has 1 unspecified atom stereocenters. The summed E-state index contributed by atoms with van der Waals surface area (Å²) >= 11 is 0. The lowest BCUT2D eigenvalue weighted by molar-refractivity contribution is -0.140. The van der Waals surface area contributed by atoms with Gasteiger partial charge in [0.15, 0.2) is 0 Å². The van der Waals surface area contributed by atoms with Crippen LogP contribution in [0.2, 0.25) is 0 Å². The first-order chi connectivity index (χ1) is 11.7. The highest BCUT2D eigenvalue weighted by atomic mass is 35.5. The van der Waals surface area contributed by atoms with Crippen LogP contribution in [0.3, 0.4) is 0 Å². The van der Waals surface area contributed by atoms with Gasteiger partial charge in [-0.3, -0.25) is 9.59 Å². The summed E-state index contributed by atoms with van der Waals surface area (Å²) in [7, 11) is 0. The second-order valence-corrected chi connectivity index (χ2v) is 7.40. The molecule has 2 saturated heterocycles. The molecule has 0 spiro atoms. The van der Waals surface area contributed by atoms with Crippen molar-refractivity contribution in [3.8, 4) is 0 Å². The number of nitrogens with zero attached hydrogens (tertiary/aromatic N) is 2. The molecule has 3 aliphatic rings. The van der Waals surface area contributed by atoms with Gasteiger partial charge in [-0.1, -0.05) is 19.3 Å². The zero-order valence-corrected chi connectivity index (χ0v) is 15.9. The number of rotatable bonds is 4. The van der Waals surface area contributed by atoms with Crippen molar-refractivity contribution in [2.24, 2.45) is 5.92 Å². The minimum absolute atomic E-state index is 0. The minimum Gasteiger partial charge on any atom is -0.378 e. The Morgan fingerprint density at radius 3 is 2.08 bits per heavy atom. The van der Waals surface area contributed by atoms with E-state index >= 15 is 0 Å². The molecule has 1 saturated carbocycles. The molecule has 3 fully saturated rings. The van der Waals surface area contributed by atoms with E-state index in [4.69, 9.17) is 4.74 Å². The summed E-state index contributed by atoms with van der Waals surface area (Å²) in [5, 5.41) is 3.32. The number of amides is 2. The first-order valence-electron chi connectivity index (χ1n) is 9.59. The van der Waals surface area contributed by atoms with E-state index in [0.717, 1.165) is 13.2 Å². The van der Waals surface area contributed by atoms with Crippen LogP contribution < -0.4 is 5.32 Å². The minimum atomic E-state index is 0. The maximum Gasteiger partial charge on any atom is 0.224 e. The number of piperazine rings is 1. The average molecular weight is 374 g/mol. The Morgan fingerprint density at radius 2 is 1.52 bits per heavy atom. The smallest absolute Gasteiger partial charge is 0.224 e. The number of hydrogen-bond acceptors (Lipinski definition) is 4. The molecule has 0 bridgehead atoms. The van der Waals surface area contributed by atoms with Crippen LogP contribution in [-0.2, 0) is 14.3 Å². The lowest BCUT2D eigenvalue weighted by Crippen LogP contribution is -2.52. The highest BCUT2D eigenvalue weighted by Crippen LogP contribution is 2.27. The lowest BCUT2D eigenvalue weighted by Gasteiger charge is -2.36. The molecule has 144 valence electrons. The van der Waals surface area contributed by atoms with Gasteiger partial charge in [0.25, 0.3) is 0 Å². The van der Waals surface area contributed by atoms with Gasteiger partial charge in [0.2, 0.25) is 11.8 Å². The van der Waals surface area contributed by atoms with Crippen LogP contribution in [0.15, 0.2) is 0 Å². The van der Waals surface area contributed by atoms with Crippen LogP contribution in [0.1, 0.15) is 44.9 Å². The van der Waals surface area contributed by atoms with Crippen LogP contribution in [0, 0.1) is 5.92 Å². The summed E-state index contributed by atoms with van der Waals surface area (Å²) < 4.78 is 5.40. The van der Waals surface area contributed by atoms with Crippen molar-refractivity contribution in [3.05, 3.63) is 0 Å². The third-order valence-corrected chi connectivity index (χ3v) is 5.59. The van der Waals surface area contributed by atoms with E-state index in [1.807, 2.05) is 9.80 Å². The number of halogens is 1. The maximum atomic E-state index is 12.5. The predicted octanol–water partition coefficient (Wildman–Crippen LogP) is 1.43. The first kappa shape index (κ1) is 20.5. The zero-order valence-electron chi connectivity index (χ0n) is 15.1. The van der Waals surface area contributed by atoms with Crippen LogP contribution in [0.5, 0.6) is 0 Å². The molecular formula is C18H32ClN3O3. The van der Waals surface area contributed by atoms with Crippen molar-refractivity contribution < 1.29 is 14.3 Å². The Hall–Kier alpha value is -0.850. The number of morpholine rings is 1. The molecule has 1 aliphatic carbocycles. The van der Waals surface area contributed by atoms with Crippen molar-refractivity contribution in [1.29, 1.82) is 0 Å². The molecule has 0 aromatic carbocycles. The molecule has 2 heterocycles. The van der Waals surface area contributed by atoms with Gasteiger partial charge in [0.05, 0.1) is 13.2 Å². The van der Waals surface area contributed by atoms with E-state index in [2.05, 4.69) is 5.32 Å². The van der Waals surface area contributed by atoms with Gasteiger partial charge >= 0.3 is 0 Å². The summed E-state index contributed by atoms with van der Waals surface area (Å²) in [5.74, 6) is 1.05. The molecule has 7 heteroatoms. The zero-order chi connectivity index (χ0) is 16.8. The predicted molar refractivity (Wildman–Crippen MR) is 98.8 cm³/mol. The standard InChI is InChI=1S/C18H31N3O3.ClH/c22-17(12-15-4-2-1-3-5-15)20-7-9-21(10-8-20)18(23)13-16-14-24-11-6-19-16;/h15-16,19H,1-14H2;1H. The Kier molecular flexibility index (Phi) is 8.46. The second kappa shape index (κ2) is 10.3. The summed E-state index contributed by atoms with van der Waals surface area (Å²) in [5.41, 5.74) is 0. The fraction of sp³-hybridized carbons (Fsp3) is 0.889. The molecule has 6 nitrogen and oxygen atoms in total. The normalized spacial score (nSPS) is 25.4. The molecular weight excluding hydrogens is 342 g/mol. The molecule has 3 rings (SSSR count). The maximum absolute atomic E-state index is 12.5. The van der Waals surface area contributed by atoms with Crippen molar-refractivity contribution in [2.75, 3.05) is 45.9 Å². The number of nitrogens with one attached hydrogen (secondary N) is 1. The average Bonchev–Trinajstić information content (AvgIpc) is 2.63. The van der Waals surface area contributed by atoms with E-state index < -0.39 is 0 Å². The number of carbonyl (C=O) groups is 2. The summed E-state index contributed by atoms with van der Waals surface area (Å²) in [6, 6.07) is 0.136. The third kappa shape index (κ3) is 6.12. The number of carbonyl (C=O) groups excluding carboxylic acids is 2. The van der Waals surface area contributed by atoms with Crippen molar-refractivity contribution >= 4 is 24.2 Å². The van der Waals surface area contributed by atoms with Gasteiger partial charge in [-0.25, -0.2) is 0 Å². The van der Waals surface area contributed by atoms with Crippen molar-refractivity contribution in [2.45, 2.75) is 51.0 Å². The van der Waals surface area contributed by atoms with Gasteiger partial charge in [-0.2, -0.15) is 0 Å². The van der Waals surface area contributed by atoms with Gasteiger partial charge in [0.1, 0.15) is 0 Å². The van der Waals surface area contributed by atoms with E-state index in [0.29, 0.717) is 51.5 Å². The number of hydrogen-bond donors (Lipinski definition) is 1. The van der Waals surface area contributed by atoms with Gasteiger partial charge < -0.3 is 19.9 Å². The van der Waals surface area contributed by atoms with Gasteiger partial charge in [-0.05, 0) is 18.8 Å². The highest BCUT2D eigenvalue weighted by molar-refractivity contribution is 5.85. The topological polar surface area (TPSA) is 61.9 Å². The summed E-state index contributed by atoms with van der Waals surface area (Å²) in [4.78, 5) is 28.7. The van der Waals surface area contributed by atoms with Crippen LogP contribution in [0.25, 0.3) is 0 Å². The Bertz CT molecular complexity index is 389. The molecule has 25 heavy (non-hydrogen) atoms. The molecule has 2 aliphatic heterocycles. The van der Waals surface area contributed by atoms with Gasteiger partial charge in [-0.15, -0.1) is 12.4 Å². The fourth-order valence-corrected chi connectivity index (χ4v) is 4.06.